The summed E-state index contributed by atoms with van der Waals surface area (Å²) in [6, 6.07) is 19.7. The molecule has 7 nitrogen and oxygen atoms in total. The van der Waals surface area contributed by atoms with E-state index >= 15 is 0 Å². The standard InChI is InChI=1S/C29H32Cl3N3O4S/c1-3-4-15-33-29(37)27(17-21-9-6-5-7-10-21)34(19-22-11-8-12-23(30)16-22)28(36)20-35(40(2,38)39)24-13-14-25(31)26(32)18-24/h5-14,16,18,27H,3-4,15,17,19-20H2,1-2H3,(H,33,37)/t27-/m1/s1. The predicted octanol–water partition coefficient (Wildman–Crippen LogP) is 5.97. The van der Waals surface area contributed by atoms with Gasteiger partial charge in [-0.05, 0) is 47.9 Å². The number of carbonyl (C=O) groups is 2. The van der Waals surface area contributed by atoms with Crippen LogP contribution in [0.4, 0.5) is 5.69 Å². The van der Waals surface area contributed by atoms with Gasteiger partial charge in [-0.25, -0.2) is 8.42 Å². The van der Waals surface area contributed by atoms with Gasteiger partial charge in [-0.2, -0.15) is 0 Å². The summed E-state index contributed by atoms with van der Waals surface area (Å²) >= 11 is 18.4. The zero-order valence-corrected chi connectivity index (χ0v) is 25.4. The Bertz CT molecular complexity index is 1420. The molecule has 1 N–H and O–H groups in total. The number of rotatable bonds is 13. The van der Waals surface area contributed by atoms with Crippen molar-refractivity contribution in [2.24, 2.45) is 0 Å². The van der Waals surface area contributed by atoms with Crippen molar-refractivity contribution in [3.05, 3.63) is 99.0 Å². The number of nitrogens with zero attached hydrogens (tertiary/aromatic N) is 2. The largest absolute Gasteiger partial charge is 0.354 e. The van der Waals surface area contributed by atoms with Gasteiger partial charge in [-0.3, -0.25) is 13.9 Å². The van der Waals surface area contributed by atoms with E-state index in [1.165, 1.54) is 23.1 Å². The number of unbranched alkanes of at least 4 members (excludes halogenated alkanes) is 1. The molecule has 0 aliphatic heterocycles. The zero-order chi connectivity index (χ0) is 29.3. The maximum Gasteiger partial charge on any atom is 0.244 e. The maximum absolute atomic E-state index is 14.0. The number of hydrogen-bond acceptors (Lipinski definition) is 4. The molecule has 2 amide bonds. The van der Waals surface area contributed by atoms with E-state index in [4.69, 9.17) is 34.8 Å². The Hall–Kier alpha value is -2.78. The Kier molecular flexibility index (Phi) is 11.7. The monoisotopic (exact) mass is 623 g/mol. The van der Waals surface area contributed by atoms with Gasteiger partial charge in [0.05, 0.1) is 22.0 Å². The molecule has 1 atom stereocenters. The lowest BCUT2D eigenvalue weighted by Gasteiger charge is -2.33. The summed E-state index contributed by atoms with van der Waals surface area (Å²) in [6.07, 6.45) is 2.91. The first-order valence-electron chi connectivity index (χ1n) is 12.8. The minimum Gasteiger partial charge on any atom is -0.354 e. The zero-order valence-electron chi connectivity index (χ0n) is 22.3. The number of carbonyl (C=O) groups excluding carboxylic acids is 2. The van der Waals surface area contributed by atoms with Crippen molar-refractivity contribution in [2.45, 2.75) is 38.8 Å². The fourth-order valence-electron chi connectivity index (χ4n) is 4.15. The second-order valence-electron chi connectivity index (χ2n) is 9.37. The summed E-state index contributed by atoms with van der Waals surface area (Å²) < 4.78 is 26.6. The normalized spacial score (nSPS) is 12.0. The molecule has 0 radical (unpaired) electrons. The van der Waals surface area contributed by atoms with E-state index < -0.39 is 28.5 Å². The lowest BCUT2D eigenvalue weighted by molar-refractivity contribution is -0.140. The first-order chi connectivity index (χ1) is 19.0. The highest BCUT2D eigenvalue weighted by Gasteiger charge is 2.33. The molecule has 0 aromatic heterocycles. The van der Waals surface area contributed by atoms with Crippen LogP contribution in [0, 0.1) is 0 Å². The van der Waals surface area contributed by atoms with Gasteiger partial charge in [-0.1, -0.05) is 90.6 Å². The molecule has 0 aliphatic carbocycles. The van der Waals surface area contributed by atoms with Crippen LogP contribution < -0.4 is 9.62 Å². The number of sulfonamides is 1. The third-order valence-electron chi connectivity index (χ3n) is 6.21. The van der Waals surface area contributed by atoms with E-state index in [2.05, 4.69) is 5.32 Å². The Morgan fingerprint density at radius 2 is 1.60 bits per heavy atom. The molecule has 0 unspecified atom stereocenters. The highest BCUT2D eigenvalue weighted by molar-refractivity contribution is 7.92. The highest BCUT2D eigenvalue weighted by Crippen LogP contribution is 2.29. The van der Waals surface area contributed by atoms with Crippen molar-refractivity contribution in [3.63, 3.8) is 0 Å². The van der Waals surface area contributed by atoms with E-state index in [0.717, 1.165) is 29.0 Å². The molecule has 0 saturated heterocycles. The number of amides is 2. The van der Waals surface area contributed by atoms with Crippen molar-refractivity contribution in [2.75, 3.05) is 23.7 Å². The predicted molar refractivity (Wildman–Crippen MR) is 163 cm³/mol. The van der Waals surface area contributed by atoms with Crippen LogP contribution >= 0.6 is 34.8 Å². The van der Waals surface area contributed by atoms with E-state index in [-0.39, 0.29) is 34.6 Å². The molecule has 214 valence electrons. The first kappa shape index (κ1) is 31.7. The van der Waals surface area contributed by atoms with Crippen molar-refractivity contribution in [1.82, 2.24) is 10.2 Å². The second-order valence-corrected chi connectivity index (χ2v) is 12.5. The lowest BCUT2D eigenvalue weighted by Crippen LogP contribution is -2.53. The van der Waals surface area contributed by atoms with Gasteiger partial charge < -0.3 is 10.2 Å². The lowest BCUT2D eigenvalue weighted by atomic mass is 10.0. The van der Waals surface area contributed by atoms with E-state index in [1.807, 2.05) is 37.3 Å². The topological polar surface area (TPSA) is 86.8 Å². The molecule has 0 heterocycles. The summed E-state index contributed by atoms with van der Waals surface area (Å²) in [4.78, 5) is 29.0. The van der Waals surface area contributed by atoms with Crippen molar-refractivity contribution in [3.8, 4) is 0 Å². The van der Waals surface area contributed by atoms with Crippen molar-refractivity contribution >= 4 is 62.3 Å². The summed E-state index contributed by atoms with van der Waals surface area (Å²) in [6.45, 7) is 1.96. The molecule has 3 rings (SSSR count). The summed E-state index contributed by atoms with van der Waals surface area (Å²) in [5.41, 5.74) is 1.73. The van der Waals surface area contributed by atoms with Gasteiger partial charge >= 0.3 is 0 Å². The fourth-order valence-corrected chi connectivity index (χ4v) is 5.49. The average molecular weight is 625 g/mol. The number of hydrogen-bond donors (Lipinski definition) is 1. The molecule has 40 heavy (non-hydrogen) atoms. The van der Waals surface area contributed by atoms with Gasteiger partial charge in [0.25, 0.3) is 0 Å². The number of anilines is 1. The summed E-state index contributed by atoms with van der Waals surface area (Å²) in [5.74, 6) is -0.892. The first-order valence-corrected chi connectivity index (χ1v) is 15.8. The number of benzene rings is 3. The smallest absolute Gasteiger partial charge is 0.244 e. The Morgan fingerprint density at radius 3 is 2.23 bits per heavy atom. The average Bonchev–Trinajstić information content (AvgIpc) is 2.91. The quantitative estimate of drug-likeness (QED) is 0.238. The molecule has 0 fully saturated rings. The SMILES string of the molecule is CCCCNC(=O)[C@@H](Cc1ccccc1)N(Cc1cccc(Cl)c1)C(=O)CN(c1ccc(Cl)c(Cl)c1)S(C)(=O)=O. The Labute approximate surface area is 251 Å². The van der Waals surface area contributed by atoms with Gasteiger partial charge in [0.2, 0.25) is 21.8 Å². The minimum atomic E-state index is -3.92. The van der Waals surface area contributed by atoms with Crippen LogP contribution in [0.3, 0.4) is 0 Å². The summed E-state index contributed by atoms with van der Waals surface area (Å²) in [5, 5.41) is 3.82. The van der Waals surface area contributed by atoms with Gasteiger partial charge in [-0.15, -0.1) is 0 Å². The molecule has 3 aromatic rings. The van der Waals surface area contributed by atoms with E-state index in [0.29, 0.717) is 17.1 Å². The van der Waals surface area contributed by atoms with Crippen molar-refractivity contribution in [1.29, 1.82) is 0 Å². The van der Waals surface area contributed by atoms with Crippen LogP contribution in [0.5, 0.6) is 0 Å². The van der Waals surface area contributed by atoms with E-state index in [9.17, 15) is 18.0 Å². The van der Waals surface area contributed by atoms with Crippen LogP contribution in [0.25, 0.3) is 0 Å². The molecule has 0 aliphatic rings. The molecule has 11 heteroatoms. The molecule has 0 spiro atoms. The maximum atomic E-state index is 14.0. The van der Waals surface area contributed by atoms with Crippen LogP contribution in [0.1, 0.15) is 30.9 Å². The Balaban J connectivity index is 2.04. The van der Waals surface area contributed by atoms with Crippen molar-refractivity contribution < 1.29 is 18.0 Å². The molecule has 3 aromatic carbocycles. The Morgan fingerprint density at radius 1 is 0.900 bits per heavy atom. The van der Waals surface area contributed by atoms with Crippen LogP contribution in [0.2, 0.25) is 15.1 Å². The molecular weight excluding hydrogens is 593 g/mol. The fraction of sp³-hybridized carbons (Fsp3) is 0.310. The second kappa shape index (κ2) is 14.7. The van der Waals surface area contributed by atoms with Gasteiger partial charge in [0.1, 0.15) is 12.6 Å². The third kappa shape index (κ3) is 9.13. The third-order valence-corrected chi connectivity index (χ3v) is 8.33. The van der Waals surface area contributed by atoms with Gasteiger partial charge in [0, 0.05) is 24.5 Å². The summed E-state index contributed by atoms with van der Waals surface area (Å²) in [7, 11) is -3.92. The number of halogens is 3. The van der Waals surface area contributed by atoms with E-state index in [1.54, 1.807) is 24.3 Å². The molecule has 0 saturated carbocycles. The van der Waals surface area contributed by atoms with Gasteiger partial charge in [0.15, 0.2) is 0 Å². The molecule has 0 bridgehead atoms. The van der Waals surface area contributed by atoms with Crippen LogP contribution in [-0.2, 0) is 32.6 Å². The number of nitrogens with one attached hydrogen (secondary N) is 1. The van der Waals surface area contributed by atoms with Crippen LogP contribution in [0.15, 0.2) is 72.8 Å². The molecular formula is C29H32Cl3N3O4S. The van der Waals surface area contributed by atoms with Crippen LogP contribution in [-0.4, -0.2) is 50.5 Å². The highest BCUT2D eigenvalue weighted by atomic mass is 35.5. The minimum absolute atomic E-state index is 0.0388.